The number of nitrogens with zero attached hydrogens (tertiary/aromatic N) is 1. The molecule has 0 spiro atoms. The summed E-state index contributed by atoms with van der Waals surface area (Å²) in [6, 6.07) is 21.3. The highest BCUT2D eigenvalue weighted by Crippen LogP contribution is 2.38. The van der Waals surface area contributed by atoms with Gasteiger partial charge in [0.1, 0.15) is 5.76 Å². The summed E-state index contributed by atoms with van der Waals surface area (Å²) in [6.45, 7) is 0.808. The Morgan fingerprint density at radius 3 is 1.82 bits per heavy atom. The van der Waals surface area contributed by atoms with Crippen LogP contribution in [0, 0.1) is 5.92 Å². The molecule has 2 heterocycles. The summed E-state index contributed by atoms with van der Waals surface area (Å²) in [5, 5.41) is 0. The number of carbonyl (C=O) groups excluding carboxylic acids is 3. The van der Waals surface area contributed by atoms with Crippen molar-refractivity contribution >= 4 is 71.4 Å². The lowest BCUT2D eigenvalue weighted by Crippen LogP contribution is -2.44. The molecule has 0 aromatic heterocycles. The number of carbonyl (C=O) groups is 3. The normalized spacial score (nSPS) is 19.9. The fraction of sp³-hybridized carbons (Fsp3) is 0.233. The number of esters is 2. The topological polar surface area (TPSA) is 72.9 Å². The number of hydrogen-bond donors (Lipinski definition) is 0. The second-order valence-electron chi connectivity index (χ2n) is 9.47. The van der Waals surface area contributed by atoms with E-state index in [2.05, 4.69) is 47.8 Å². The van der Waals surface area contributed by atoms with Gasteiger partial charge in [-0.1, -0.05) is 59.9 Å². The Morgan fingerprint density at radius 2 is 1.26 bits per heavy atom. The molecule has 2 aliphatic rings. The quantitative estimate of drug-likeness (QED) is 0.151. The number of benzene rings is 3. The molecule has 0 saturated carbocycles. The predicted octanol–water partition coefficient (Wildman–Crippen LogP) is 7.41. The SMILES string of the molecule is O=C(OC[C@@H]1CCN2C(=O)/C(=C(\OC(=O)c3ccc(Br)cc3)c3ccc(Br)cc3)CC[C@@H]12)c1ccc(Br)cc1. The van der Waals surface area contributed by atoms with E-state index in [1.165, 1.54) is 0 Å². The number of halogens is 3. The van der Waals surface area contributed by atoms with Crippen molar-refractivity contribution in [2.45, 2.75) is 25.3 Å². The van der Waals surface area contributed by atoms with E-state index in [0.29, 0.717) is 41.6 Å². The molecule has 0 bridgehead atoms. The molecule has 2 atom stereocenters. The minimum absolute atomic E-state index is 0.0349. The third-order valence-corrected chi connectivity index (χ3v) is 8.64. The molecule has 1 amide bonds. The van der Waals surface area contributed by atoms with Crippen LogP contribution in [0.1, 0.15) is 45.5 Å². The lowest BCUT2D eigenvalue weighted by molar-refractivity contribution is -0.130. The maximum Gasteiger partial charge on any atom is 0.343 e. The first kappa shape index (κ1) is 27.8. The number of amides is 1. The zero-order valence-corrected chi connectivity index (χ0v) is 25.5. The fourth-order valence-electron chi connectivity index (χ4n) is 5.02. The molecule has 200 valence electrons. The second-order valence-corrected chi connectivity index (χ2v) is 12.2. The summed E-state index contributed by atoms with van der Waals surface area (Å²) in [5.41, 5.74) is 2.02. The van der Waals surface area contributed by atoms with E-state index in [0.717, 1.165) is 19.8 Å². The van der Waals surface area contributed by atoms with Gasteiger partial charge in [-0.3, -0.25) is 4.79 Å². The highest BCUT2D eigenvalue weighted by molar-refractivity contribution is 9.11. The van der Waals surface area contributed by atoms with Crippen molar-refractivity contribution in [1.82, 2.24) is 4.90 Å². The number of hydrogen-bond acceptors (Lipinski definition) is 5. The second kappa shape index (κ2) is 12.2. The summed E-state index contributed by atoms with van der Waals surface area (Å²) < 4.78 is 14.2. The third-order valence-electron chi connectivity index (χ3n) is 7.06. The van der Waals surface area contributed by atoms with Crippen LogP contribution < -0.4 is 0 Å². The Labute approximate surface area is 251 Å². The molecular formula is C30H24Br3NO5. The lowest BCUT2D eigenvalue weighted by Gasteiger charge is -2.34. The Kier molecular flexibility index (Phi) is 8.69. The highest BCUT2D eigenvalue weighted by atomic mass is 79.9. The van der Waals surface area contributed by atoms with Gasteiger partial charge in [0.25, 0.3) is 5.91 Å². The molecule has 3 aromatic rings. The summed E-state index contributed by atoms with van der Waals surface area (Å²) in [4.78, 5) is 41.2. The van der Waals surface area contributed by atoms with Crippen LogP contribution in [0.2, 0.25) is 0 Å². The standard InChI is InChI=1S/C30H24Br3NO5/c31-22-7-1-18(2-8-22)27(39-30(37)20-5-11-24(33)12-6-20)25-13-14-26-21(15-16-34(26)28(25)35)17-38-29(36)19-3-9-23(32)10-4-19/h1-12,21,26H,13-17H2/b27-25-/t21-,26-/m0/s1. The van der Waals surface area contributed by atoms with Crippen molar-refractivity contribution in [2.24, 2.45) is 5.92 Å². The average Bonchev–Trinajstić information content (AvgIpc) is 3.36. The molecule has 0 unspecified atom stereocenters. The third kappa shape index (κ3) is 6.36. The van der Waals surface area contributed by atoms with Crippen molar-refractivity contribution in [1.29, 1.82) is 0 Å². The molecule has 9 heteroatoms. The van der Waals surface area contributed by atoms with E-state index in [1.807, 2.05) is 29.2 Å². The van der Waals surface area contributed by atoms with Crippen molar-refractivity contribution < 1.29 is 23.9 Å². The molecule has 0 N–H and O–H groups in total. The van der Waals surface area contributed by atoms with Gasteiger partial charge in [0.05, 0.1) is 23.3 Å². The minimum Gasteiger partial charge on any atom is -0.462 e. The van der Waals surface area contributed by atoms with Gasteiger partial charge >= 0.3 is 11.9 Å². The van der Waals surface area contributed by atoms with Crippen molar-refractivity contribution in [3.63, 3.8) is 0 Å². The number of fused-ring (bicyclic) bond motifs is 1. The molecule has 2 fully saturated rings. The van der Waals surface area contributed by atoms with E-state index in [-0.39, 0.29) is 36.2 Å². The molecule has 2 aliphatic heterocycles. The Balaban J connectivity index is 1.34. The molecule has 6 nitrogen and oxygen atoms in total. The van der Waals surface area contributed by atoms with Gasteiger partial charge in [0.2, 0.25) is 0 Å². The van der Waals surface area contributed by atoms with Crippen molar-refractivity contribution in [2.75, 3.05) is 13.2 Å². The predicted molar refractivity (Wildman–Crippen MR) is 158 cm³/mol. The van der Waals surface area contributed by atoms with Crippen LogP contribution in [0.25, 0.3) is 5.76 Å². The maximum absolute atomic E-state index is 13.7. The molecule has 0 aliphatic carbocycles. The van der Waals surface area contributed by atoms with Crippen LogP contribution in [-0.2, 0) is 14.3 Å². The molecule has 2 saturated heterocycles. The van der Waals surface area contributed by atoms with Crippen molar-refractivity contribution in [3.05, 3.63) is 108 Å². The summed E-state index contributed by atoms with van der Waals surface area (Å²) >= 11 is 10.2. The monoisotopic (exact) mass is 715 g/mol. The van der Waals surface area contributed by atoms with Crippen LogP contribution in [0.15, 0.2) is 91.8 Å². The first-order valence-electron chi connectivity index (χ1n) is 12.5. The van der Waals surface area contributed by atoms with Gasteiger partial charge in [0, 0.05) is 37.5 Å². The highest BCUT2D eigenvalue weighted by Gasteiger charge is 2.43. The van der Waals surface area contributed by atoms with Gasteiger partial charge < -0.3 is 14.4 Å². The van der Waals surface area contributed by atoms with Crippen LogP contribution in [0.4, 0.5) is 0 Å². The van der Waals surface area contributed by atoms with E-state index < -0.39 is 5.97 Å². The van der Waals surface area contributed by atoms with Gasteiger partial charge in [-0.05, 0) is 79.9 Å². The molecular weight excluding hydrogens is 694 g/mol. The summed E-state index contributed by atoms with van der Waals surface area (Å²) in [7, 11) is 0. The van der Waals surface area contributed by atoms with E-state index in [1.54, 1.807) is 48.5 Å². The minimum atomic E-state index is -0.526. The van der Waals surface area contributed by atoms with E-state index >= 15 is 0 Å². The van der Waals surface area contributed by atoms with Crippen LogP contribution >= 0.6 is 47.8 Å². The summed E-state index contributed by atoms with van der Waals surface area (Å²) in [5.74, 6) is -0.710. The number of ether oxygens (including phenoxy) is 2. The lowest BCUT2D eigenvalue weighted by atomic mass is 9.90. The molecule has 3 aromatic carbocycles. The maximum atomic E-state index is 13.7. The Hall–Kier alpha value is -2.75. The molecule has 39 heavy (non-hydrogen) atoms. The Bertz CT molecular complexity index is 1420. The first-order valence-corrected chi connectivity index (χ1v) is 14.9. The van der Waals surface area contributed by atoms with E-state index in [9.17, 15) is 14.4 Å². The Morgan fingerprint density at radius 1 is 0.744 bits per heavy atom. The zero-order valence-electron chi connectivity index (χ0n) is 20.7. The smallest absolute Gasteiger partial charge is 0.343 e. The van der Waals surface area contributed by atoms with Crippen LogP contribution in [0.3, 0.4) is 0 Å². The molecule has 0 radical (unpaired) electrons. The number of piperidine rings is 1. The fourth-order valence-corrected chi connectivity index (χ4v) is 5.82. The largest absolute Gasteiger partial charge is 0.462 e. The van der Waals surface area contributed by atoms with Gasteiger partial charge in [-0.15, -0.1) is 0 Å². The van der Waals surface area contributed by atoms with Gasteiger partial charge in [-0.25, -0.2) is 9.59 Å². The zero-order chi connectivity index (χ0) is 27.5. The summed E-state index contributed by atoms with van der Waals surface area (Å²) in [6.07, 6.45) is 1.89. The number of rotatable bonds is 6. The molecule has 5 rings (SSSR count). The van der Waals surface area contributed by atoms with Gasteiger partial charge in [0.15, 0.2) is 0 Å². The van der Waals surface area contributed by atoms with Crippen molar-refractivity contribution in [3.8, 4) is 0 Å². The first-order chi connectivity index (χ1) is 18.8. The van der Waals surface area contributed by atoms with Crippen LogP contribution in [-0.4, -0.2) is 41.9 Å². The van der Waals surface area contributed by atoms with Crippen LogP contribution in [0.5, 0.6) is 0 Å². The van der Waals surface area contributed by atoms with E-state index in [4.69, 9.17) is 9.47 Å². The van der Waals surface area contributed by atoms with Gasteiger partial charge in [-0.2, -0.15) is 0 Å². The average molecular weight is 718 g/mol.